The van der Waals surface area contributed by atoms with Crippen LogP contribution >= 0.6 is 0 Å². The Morgan fingerprint density at radius 2 is 1.81 bits per heavy atom. The van der Waals surface area contributed by atoms with E-state index in [0.29, 0.717) is 19.8 Å². The van der Waals surface area contributed by atoms with Crippen molar-refractivity contribution in [1.82, 2.24) is 5.32 Å². The second-order valence-electron chi connectivity index (χ2n) is 5.41. The van der Waals surface area contributed by atoms with Crippen LogP contribution < -0.4 is 10.4 Å². The van der Waals surface area contributed by atoms with Crippen molar-refractivity contribution < 1.29 is 19.4 Å². The lowest BCUT2D eigenvalue weighted by molar-refractivity contribution is -0.305. The molecule has 1 fully saturated rings. The Balaban J connectivity index is 2.00. The molecule has 0 aliphatic carbocycles. The molecule has 5 nitrogen and oxygen atoms in total. The van der Waals surface area contributed by atoms with Crippen LogP contribution in [-0.4, -0.2) is 31.6 Å². The van der Waals surface area contributed by atoms with Crippen LogP contribution in [0.2, 0.25) is 0 Å². The SMILES string of the molecule is O=C([O-])CCC(=O)NCC1(c2ccccc2)CCOCC1. The smallest absolute Gasteiger partial charge is 0.220 e. The van der Waals surface area contributed by atoms with Crippen LogP contribution in [0.15, 0.2) is 30.3 Å². The van der Waals surface area contributed by atoms with Gasteiger partial charge in [0.05, 0.1) is 0 Å². The lowest BCUT2D eigenvalue weighted by atomic mass is 9.74. The van der Waals surface area contributed by atoms with E-state index in [1.807, 2.05) is 18.2 Å². The molecule has 1 aliphatic rings. The van der Waals surface area contributed by atoms with Gasteiger partial charge in [-0.2, -0.15) is 0 Å². The van der Waals surface area contributed by atoms with E-state index in [1.54, 1.807) is 0 Å². The van der Waals surface area contributed by atoms with Gasteiger partial charge in [0.2, 0.25) is 5.91 Å². The summed E-state index contributed by atoms with van der Waals surface area (Å²) in [5, 5.41) is 13.2. The maximum Gasteiger partial charge on any atom is 0.220 e. The molecule has 0 saturated carbocycles. The maximum absolute atomic E-state index is 11.7. The number of hydrogen-bond donors (Lipinski definition) is 1. The number of carbonyl (C=O) groups is 2. The highest BCUT2D eigenvalue weighted by Crippen LogP contribution is 2.34. The summed E-state index contributed by atoms with van der Waals surface area (Å²) >= 11 is 0. The van der Waals surface area contributed by atoms with Gasteiger partial charge in [0, 0.05) is 37.6 Å². The van der Waals surface area contributed by atoms with E-state index in [9.17, 15) is 14.7 Å². The van der Waals surface area contributed by atoms with Gasteiger partial charge in [-0.1, -0.05) is 30.3 Å². The molecule has 0 spiro atoms. The molecule has 1 saturated heterocycles. The predicted octanol–water partition coefficient (Wildman–Crippen LogP) is 0.381. The molecule has 5 heteroatoms. The molecule has 0 unspecified atom stereocenters. The predicted molar refractivity (Wildman–Crippen MR) is 75.4 cm³/mol. The molecule has 21 heavy (non-hydrogen) atoms. The van der Waals surface area contributed by atoms with Crippen molar-refractivity contribution in [1.29, 1.82) is 0 Å². The van der Waals surface area contributed by atoms with Crippen LogP contribution in [-0.2, 0) is 19.7 Å². The molecule has 0 aromatic heterocycles. The maximum atomic E-state index is 11.7. The number of nitrogens with one attached hydrogen (secondary N) is 1. The molecule has 1 amide bonds. The Labute approximate surface area is 124 Å². The summed E-state index contributed by atoms with van der Waals surface area (Å²) in [6, 6.07) is 10.1. The fourth-order valence-electron chi connectivity index (χ4n) is 2.69. The molecule has 0 bridgehead atoms. The lowest BCUT2D eigenvalue weighted by Gasteiger charge is -2.38. The van der Waals surface area contributed by atoms with Gasteiger partial charge in [0.25, 0.3) is 0 Å². The van der Waals surface area contributed by atoms with E-state index in [0.717, 1.165) is 12.8 Å². The first kappa shape index (κ1) is 15.5. The number of rotatable bonds is 6. The van der Waals surface area contributed by atoms with Crippen molar-refractivity contribution in [2.75, 3.05) is 19.8 Å². The minimum Gasteiger partial charge on any atom is -0.550 e. The van der Waals surface area contributed by atoms with E-state index in [4.69, 9.17) is 4.74 Å². The van der Waals surface area contributed by atoms with E-state index >= 15 is 0 Å². The third kappa shape index (κ3) is 4.29. The van der Waals surface area contributed by atoms with Crippen LogP contribution in [0, 0.1) is 0 Å². The normalized spacial score (nSPS) is 17.1. The Morgan fingerprint density at radius 1 is 1.14 bits per heavy atom. The van der Waals surface area contributed by atoms with Gasteiger partial charge < -0.3 is 20.0 Å². The van der Waals surface area contributed by atoms with Crippen molar-refractivity contribution in [3.05, 3.63) is 35.9 Å². The number of carboxylic acid groups (broad SMARTS) is 1. The van der Waals surface area contributed by atoms with E-state index < -0.39 is 5.97 Å². The number of amides is 1. The minimum atomic E-state index is -1.20. The zero-order chi connectivity index (χ0) is 15.1. The zero-order valence-corrected chi connectivity index (χ0v) is 12.0. The van der Waals surface area contributed by atoms with Crippen LogP contribution in [0.3, 0.4) is 0 Å². The molecule has 1 aromatic rings. The number of carbonyl (C=O) groups excluding carboxylic acids is 2. The monoisotopic (exact) mass is 290 g/mol. The summed E-state index contributed by atoms with van der Waals surface area (Å²) in [7, 11) is 0. The fraction of sp³-hybridized carbons (Fsp3) is 0.500. The molecule has 1 heterocycles. The van der Waals surface area contributed by atoms with E-state index in [-0.39, 0.29) is 24.2 Å². The number of hydrogen-bond acceptors (Lipinski definition) is 4. The standard InChI is InChI=1S/C16H21NO4/c18-14(6-7-15(19)20)17-12-16(8-10-21-11-9-16)13-4-2-1-3-5-13/h1-5H,6-12H2,(H,17,18)(H,19,20)/p-1. The fourth-order valence-corrected chi connectivity index (χ4v) is 2.69. The Kier molecular flexibility index (Phi) is 5.33. The first-order valence-corrected chi connectivity index (χ1v) is 7.22. The Morgan fingerprint density at radius 3 is 2.43 bits per heavy atom. The van der Waals surface area contributed by atoms with Crippen LogP contribution in [0.5, 0.6) is 0 Å². The van der Waals surface area contributed by atoms with Crippen LogP contribution in [0.1, 0.15) is 31.2 Å². The number of aliphatic carboxylic acids is 1. The van der Waals surface area contributed by atoms with Crippen molar-refractivity contribution in [3.8, 4) is 0 Å². The van der Waals surface area contributed by atoms with Gasteiger partial charge in [0.15, 0.2) is 0 Å². The summed E-state index contributed by atoms with van der Waals surface area (Å²) in [6.45, 7) is 1.85. The highest BCUT2D eigenvalue weighted by molar-refractivity contribution is 5.80. The van der Waals surface area contributed by atoms with Gasteiger partial charge >= 0.3 is 0 Å². The number of ether oxygens (including phenoxy) is 1. The second kappa shape index (κ2) is 7.22. The lowest BCUT2D eigenvalue weighted by Crippen LogP contribution is -2.44. The van der Waals surface area contributed by atoms with Crippen LogP contribution in [0.25, 0.3) is 0 Å². The van der Waals surface area contributed by atoms with Crippen molar-refractivity contribution in [2.24, 2.45) is 0 Å². The first-order valence-electron chi connectivity index (χ1n) is 7.22. The number of benzene rings is 1. The first-order chi connectivity index (χ1) is 10.1. The minimum absolute atomic E-state index is 0.0380. The topological polar surface area (TPSA) is 78.5 Å². The summed E-state index contributed by atoms with van der Waals surface area (Å²) in [4.78, 5) is 22.1. The average molecular weight is 290 g/mol. The third-order valence-electron chi connectivity index (χ3n) is 4.02. The summed E-state index contributed by atoms with van der Waals surface area (Å²) in [6.07, 6.45) is 1.41. The van der Waals surface area contributed by atoms with Gasteiger partial charge in [-0.05, 0) is 24.8 Å². The van der Waals surface area contributed by atoms with Crippen molar-refractivity contribution >= 4 is 11.9 Å². The van der Waals surface area contributed by atoms with Gasteiger partial charge in [0.1, 0.15) is 0 Å². The van der Waals surface area contributed by atoms with Crippen LogP contribution in [0.4, 0.5) is 0 Å². The summed E-state index contributed by atoms with van der Waals surface area (Å²) in [5.74, 6) is -1.45. The summed E-state index contributed by atoms with van der Waals surface area (Å²) in [5.41, 5.74) is 1.06. The Bertz CT molecular complexity index is 480. The molecule has 0 radical (unpaired) electrons. The van der Waals surface area contributed by atoms with E-state index in [2.05, 4.69) is 17.4 Å². The van der Waals surface area contributed by atoms with E-state index in [1.165, 1.54) is 5.56 Å². The molecular weight excluding hydrogens is 270 g/mol. The van der Waals surface area contributed by atoms with Crippen molar-refractivity contribution in [3.63, 3.8) is 0 Å². The zero-order valence-electron chi connectivity index (χ0n) is 12.0. The largest absolute Gasteiger partial charge is 0.550 e. The third-order valence-corrected chi connectivity index (χ3v) is 4.02. The number of carboxylic acids is 1. The molecule has 1 N–H and O–H groups in total. The van der Waals surface area contributed by atoms with Gasteiger partial charge in [-0.15, -0.1) is 0 Å². The second-order valence-corrected chi connectivity index (χ2v) is 5.41. The molecule has 1 aromatic carbocycles. The molecule has 2 rings (SSSR count). The highest BCUT2D eigenvalue weighted by atomic mass is 16.5. The Hall–Kier alpha value is -1.88. The highest BCUT2D eigenvalue weighted by Gasteiger charge is 2.34. The quantitative estimate of drug-likeness (QED) is 0.821. The molecule has 1 aliphatic heterocycles. The summed E-state index contributed by atoms with van der Waals surface area (Å²) < 4.78 is 5.43. The van der Waals surface area contributed by atoms with Gasteiger partial charge in [-0.25, -0.2) is 0 Å². The van der Waals surface area contributed by atoms with Crippen molar-refractivity contribution in [2.45, 2.75) is 31.1 Å². The van der Waals surface area contributed by atoms with Gasteiger partial charge in [-0.3, -0.25) is 4.79 Å². The molecule has 0 atom stereocenters. The molecular formula is C16H20NO4-. The average Bonchev–Trinajstić information content (AvgIpc) is 2.52. The molecule has 114 valence electrons.